The first-order valence-corrected chi connectivity index (χ1v) is 7.58. The molecule has 100 valence electrons. The van der Waals surface area contributed by atoms with Crippen LogP contribution >= 0.6 is 15.9 Å². The van der Waals surface area contributed by atoms with Crippen LogP contribution in [0.15, 0.2) is 54.6 Å². The molecule has 0 saturated carbocycles. The first kappa shape index (κ1) is 14.3. The van der Waals surface area contributed by atoms with Gasteiger partial charge in [0.05, 0.1) is 0 Å². The zero-order valence-electron chi connectivity index (χ0n) is 10.9. The van der Waals surface area contributed by atoms with Gasteiger partial charge < -0.3 is 0 Å². The molecular formula is C17H18BrF. The smallest absolute Gasteiger partial charge is 0.126 e. The molecule has 1 unspecified atom stereocenters. The van der Waals surface area contributed by atoms with Gasteiger partial charge in [-0.05, 0) is 42.9 Å². The lowest BCUT2D eigenvalue weighted by atomic mass is 10.0. The molecule has 0 saturated heterocycles. The highest BCUT2D eigenvalue weighted by Crippen LogP contribution is 2.18. The predicted octanol–water partition coefficient (Wildman–Crippen LogP) is 5.15. The second kappa shape index (κ2) is 7.44. The Morgan fingerprint density at radius 3 is 2.37 bits per heavy atom. The summed E-state index contributed by atoms with van der Waals surface area (Å²) in [4.78, 5) is 0.341. The Hall–Kier alpha value is -1.15. The highest BCUT2D eigenvalue weighted by molar-refractivity contribution is 9.09. The summed E-state index contributed by atoms with van der Waals surface area (Å²) in [6.45, 7) is 0. The van der Waals surface area contributed by atoms with Gasteiger partial charge >= 0.3 is 0 Å². The Kier molecular flexibility index (Phi) is 5.59. The van der Waals surface area contributed by atoms with E-state index in [-0.39, 0.29) is 5.82 Å². The summed E-state index contributed by atoms with van der Waals surface area (Å²) in [6.07, 6.45) is 4.01. The van der Waals surface area contributed by atoms with E-state index in [0.29, 0.717) is 4.83 Å². The minimum absolute atomic E-state index is 0.102. The van der Waals surface area contributed by atoms with E-state index in [1.165, 1.54) is 11.6 Å². The summed E-state index contributed by atoms with van der Waals surface area (Å²) in [5.74, 6) is -0.102. The number of alkyl halides is 1. The standard InChI is InChI=1S/C17H18BrF/c18-16(13-15-10-4-5-12-17(15)19)11-6-9-14-7-2-1-3-8-14/h1-5,7-8,10,12,16H,6,9,11,13H2. The molecule has 0 nitrogen and oxygen atoms in total. The molecule has 2 aromatic rings. The van der Waals surface area contributed by atoms with Gasteiger partial charge in [0.2, 0.25) is 0 Å². The molecule has 0 N–H and O–H groups in total. The molecule has 0 aliphatic heterocycles. The van der Waals surface area contributed by atoms with Crippen molar-refractivity contribution in [3.8, 4) is 0 Å². The molecule has 2 rings (SSSR count). The third-order valence-electron chi connectivity index (χ3n) is 3.22. The van der Waals surface area contributed by atoms with Crippen molar-refractivity contribution < 1.29 is 4.39 Å². The number of rotatable bonds is 6. The normalized spacial score (nSPS) is 12.3. The molecule has 0 heterocycles. The van der Waals surface area contributed by atoms with Crippen molar-refractivity contribution in [2.75, 3.05) is 0 Å². The topological polar surface area (TPSA) is 0 Å². The van der Waals surface area contributed by atoms with E-state index in [2.05, 4.69) is 40.2 Å². The molecule has 0 aliphatic rings. The lowest BCUT2D eigenvalue weighted by molar-refractivity contribution is 0.600. The van der Waals surface area contributed by atoms with E-state index in [9.17, 15) is 4.39 Å². The van der Waals surface area contributed by atoms with Gasteiger partial charge in [0.15, 0.2) is 0 Å². The molecular weight excluding hydrogens is 303 g/mol. The maximum absolute atomic E-state index is 13.5. The minimum Gasteiger partial charge on any atom is -0.207 e. The highest BCUT2D eigenvalue weighted by Gasteiger charge is 2.08. The van der Waals surface area contributed by atoms with E-state index in [0.717, 1.165) is 31.2 Å². The zero-order valence-corrected chi connectivity index (χ0v) is 12.4. The Morgan fingerprint density at radius 2 is 1.63 bits per heavy atom. The summed E-state index contributed by atoms with van der Waals surface area (Å²) in [6, 6.07) is 17.5. The SMILES string of the molecule is Fc1ccccc1CC(Br)CCCc1ccccc1. The molecule has 1 atom stereocenters. The molecule has 0 aromatic heterocycles. The fraction of sp³-hybridized carbons (Fsp3) is 0.294. The van der Waals surface area contributed by atoms with Crippen LogP contribution in [0, 0.1) is 5.82 Å². The fourth-order valence-electron chi connectivity index (χ4n) is 2.18. The lowest BCUT2D eigenvalue weighted by Crippen LogP contribution is -2.05. The molecule has 0 spiro atoms. The molecule has 2 heteroatoms. The summed E-state index contributed by atoms with van der Waals surface area (Å²) in [5, 5.41) is 0. The van der Waals surface area contributed by atoms with Crippen LogP contribution in [0.4, 0.5) is 4.39 Å². The Labute approximate surface area is 122 Å². The molecule has 0 fully saturated rings. The third kappa shape index (κ3) is 4.79. The van der Waals surface area contributed by atoms with Crippen molar-refractivity contribution in [1.29, 1.82) is 0 Å². The molecule has 0 bridgehead atoms. The van der Waals surface area contributed by atoms with Crippen LogP contribution in [0.25, 0.3) is 0 Å². The van der Waals surface area contributed by atoms with Crippen molar-refractivity contribution in [3.05, 3.63) is 71.5 Å². The van der Waals surface area contributed by atoms with Crippen LogP contribution in [-0.2, 0) is 12.8 Å². The van der Waals surface area contributed by atoms with Gasteiger partial charge in [0.1, 0.15) is 5.82 Å². The van der Waals surface area contributed by atoms with Gasteiger partial charge in [-0.3, -0.25) is 0 Å². The number of aryl methyl sites for hydroxylation is 1. The highest BCUT2D eigenvalue weighted by atomic mass is 79.9. The average molecular weight is 321 g/mol. The van der Waals surface area contributed by atoms with E-state index >= 15 is 0 Å². The number of hydrogen-bond donors (Lipinski definition) is 0. The molecule has 0 amide bonds. The van der Waals surface area contributed by atoms with Crippen LogP contribution in [0.3, 0.4) is 0 Å². The van der Waals surface area contributed by atoms with Crippen molar-refractivity contribution >= 4 is 15.9 Å². The van der Waals surface area contributed by atoms with Crippen molar-refractivity contribution in [2.24, 2.45) is 0 Å². The average Bonchev–Trinajstić information content (AvgIpc) is 2.43. The maximum Gasteiger partial charge on any atom is 0.126 e. The van der Waals surface area contributed by atoms with Gasteiger partial charge in [0, 0.05) is 4.83 Å². The zero-order chi connectivity index (χ0) is 13.5. The van der Waals surface area contributed by atoms with Gasteiger partial charge in [-0.15, -0.1) is 0 Å². The minimum atomic E-state index is -0.102. The van der Waals surface area contributed by atoms with E-state index in [4.69, 9.17) is 0 Å². The Bertz CT molecular complexity index is 496. The predicted molar refractivity (Wildman–Crippen MR) is 82.2 cm³/mol. The number of halogens is 2. The first-order valence-electron chi connectivity index (χ1n) is 6.67. The molecule has 2 aromatic carbocycles. The van der Waals surface area contributed by atoms with Crippen LogP contribution < -0.4 is 0 Å². The summed E-state index contributed by atoms with van der Waals surface area (Å²) < 4.78 is 13.5. The van der Waals surface area contributed by atoms with Crippen LogP contribution in [0.1, 0.15) is 24.0 Å². The van der Waals surface area contributed by atoms with Gasteiger partial charge in [-0.2, -0.15) is 0 Å². The van der Waals surface area contributed by atoms with Crippen molar-refractivity contribution in [1.82, 2.24) is 0 Å². The fourth-order valence-corrected chi connectivity index (χ4v) is 2.85. The first-order chi connectivity index (χ1) is 9.25. The van der Waals surface area contributed by atoms with E-state index in [1.807, 2.05) is 18.2 Å². The largest absolute Gasteiger partial charge is 0.207 e. The van der Waals surface area contributed by atoms with Crippen LogP contribution in [-0.4, -0.2) is 4.83 Å². The van der Waals surface area contributed by atoms with E-state index < -0.39 is 0 Å². The molecule has 19 heavy (non-hydrogen) atoms. The quantitative estimate of drug-likeness (QED) is 0.645. The van der Waals surface area contributed by atoms with Crippen LogP contribution in [0.5, 0.6) is 0 Å². The third-order valence-corrected chi connectivity index (χ3v) is 4.01. The monoisotopic (exact) mass is 320 g/mol. The molecule has 0 radical (unpaired) electrons. The van der Waals surface area contributed by atoms with E-state index in [1.54, 1.807) is 6.07 Å². The van der Waals surface area contributed by atoms with Crippen molar-refractivity contribution in [2.45, 2.75) is 30.5 Å². The Morgan fingerprint density at radius 1 is 0.947 bits per heavy atom. The van der Waals surface area contributed by atoms with Crippen molar-refractivity contribution in [3.63, 3.8) is 0 Å². The van der Waals surface area contributed by atoms with Gasteiger partial charge in [-0.25, -0.2) is 4.39 Å². The number of hydrogen-bond acceptors (Lipinski definition) is 0. The molecule has 0 aliphatic carbocycles. The maximum atomic E-state index is 13.5. The number of benzene rings is 2. The second-order valence-electron chi connectivity index (χ2n) is 4.77. The van der Waals surface area contributed by atoms with Gasteiger partial charge in [-0.1, -0.05) is 64.5 Å². The Balaban J connectivity index is 1.76. The van der Waals surface area contributed by atoms with Gasteiger partial charge in [0.25, 0.3) is 0 Å². The lowest BCUT2D eigenvalue weighted by Gasteiger charge is -2.10. The summed E-state index contributed by atoms with van der Waals surface area (Å²) >= 11 is 3.66. The summed E-state index contributed by atoms with van der Waals surface area (Å²) in [5.41, 5.74) is 2.16. The second-order valence-corrected chi connectivity index (χ2v) is 6.07. The summed E-state index contributed by atoms with van der Waals surface area (Å²) in [7, 11) is 0. The van der Waals surface area contributed by atoms with Crippen LogP contribution in [0.2, 0.25) is 0 Å².